The summed E-state index contributed by atoms with van der Waals surface area (Å²) in [5, 5.41) is 7.19. The molecular formula is C17H19FN4O2S. The third kappa shape index (κ3) is 3.53. The van der Waals surface area contributed by atoms with E-state index in [1.54, 1.807) is 36.9 Å². The van der Waals surface area contributed by atoms with E-state index in [2.05, 4.69) is 15.4 Å². The van der Waals surface area contributed by atoms with Gasteiger partial charge in [-0.15, -0.1) is 0 Å². The molecular weight excluding hydrogens is 343 g/mol. The van der Waals surface area contributed by atoms with Crippen molar-refractivity contribution in [2.45, 2.75) is 19.9 Å². The van der Waals surface area contributed by atoms with Crippen molar-refractivity contribution in [1.82, 2.24) is 14.8 Å². The van der Waals surface area contributed by atoms with E-state index in [9.17, 15) is 9.18 Å². The number of aromatic nitrogens is 3. The number of carbonyl (C=O) groups is 1. The normalized spacial score (nSPS) is 16.4. The summed E-state index contributed by atoms with van der Waals surface area (Å²) >= 11 is 1.69. The van der Waals surface area contributed by atoms with E-state index in [0.29, 0.717) is 29.4 Å². The van der Waals surface area contributed by atoms with Gasteiger partial charge >= 0.3 is 5.97 Å². The van der Waals surface area contributed by atoms with Crippen LogP contribution in [0.4, 0.5) is 10.3 Å². The van der Waals surface area contributed by atoms with E-state index in [4.69, 9.17) is 4.74 Å². The number of allylic oxidation sites excluding steroid dienone is 1. The van der Waals surface area contributed by atoms with Crippen molar-refractivity contribution in [2.24, 2.45) is 0 Å². The standard InChI is InChI=1S/C17H19FN4O2S/c1-3-25-9-8-24-16(23)14-11(2)21-17-19-10-20-22(17)15(14)12-6-4-5-7-13(12)18/h4-7,10,15H,3,8-9H2,1-2H3,(H,19,20,21)/t15-/m1/s1. The number of ether oxygens (including phenoxy) is 1. The van der Waals surface area contributed by atoms with Gasteiger partial charge in [0, 0.05) is 17.0 Å². The zero-order valence-electron chi connectivity index (χ0n) is 14.0. The van der Waals surface area contributed by atoms with Crippen LogP contribution in [0.5, 0.6) is 0 Å². The Morgan fingerprint density at radius 3 is 3.00 bits per heavy atom. The Morgan fingerprint density at radius 1 is 1.44 bits per heavy atom. The van der Waals surface area contributed by atoms with Crippen molar-refractivity contribution < 1.29 is 13.9 Å². The fraction of sp³-hybridized carbons (Fsp3) is 0.353. The quantitative estimate of drug-likeness (QED) is 0.629. The number of benzene rings is 1. The molecule has 6 nitrogen and oxygen atoms in total. The largest absolute Gasteiger partial charge is 0.461 e. The van der Waals surface area contributed by atoms with Gasteiger partial charge in [-0.3, -0.25) is 0 Å². The molecule has 0 saturated carbocycles. The molecule has 1 N–H and O–H groups in total. The Kier molecular flexibility index (Phi) is 5.37. The first kappa shape index (κ1) is 17.5. The molecule has 2 aromatic rings. The second-order valence-corrected chi connectivity index (χ2v) is 6.84. The lowest BCUT2D eigenvalue weighted by Crippen LogP contribution is -2.30. The molecule has 8 heteroatoms. The second-order valence-electron chi connectivity index (χ2n) is 5.45. The minimum Gasteiger partial charge on any atom is -0.461 e. The highest BCUT2D eigenvalue weighted by molar-refractivity contribution is 7.99. The van der Waals surface area contributed by atoms with Gasteiger partial charge < -0.3 is 10.1 Å². The molecule has 0 fully saturated rings. The van der Waals surface area contributed by atoms with Crippen molar-refractivity contribution in [2.75, 3.05) is 23.4 Å². The molecule has 0 bridgehead atoms. The first-order valence-corrected chi connectivity index (χ1v) is 9.15. The molecule has 1 atom stereocenters. The van der Waals surface area contributed by atoms with E-state index in [-0.39, 0.29) is 0 Å². The van der Waals surface area contributed by atoms with Crippen LogP contribution >= 0.6 is 11.8 Å². The van der Waals surface area contributed by atoms with Crippen molar-refractivity contribution in [3.63, 3.8) is 0 Å². The zero-order chi connectivity index (χ0) is 17.8. The summed E-state index contributed by atoms with van der Waals surface area (Å²) in [5.41, 5.74) is 1.27. The Hall–Kier alpha value is -2.35. The van der Waals surface area contributed by atoms with E-state index < -0.39 is 17.8 Å². The van der Waals surface area contributed by atoms with Gasteiger partial charge in [-0.2, -0.15) is 21.8 Å². The number of fused-ring (bicyclic) bond motifs is 1. The molecule has 0 saturated heterocycles. The highest BCUT2D eigenvalue weighted by Crippen LogP contribution is 2.36. The summed E-state index contributed by atoms with van der Waals surface area (Å²) in [5.74, 6) is 1.26. The van der Waals surface area contributed by atoms with Crippen molar-refractivity contribution in [1.29, 1.82) is 0 Å². The Labute approximate surface area is 149 Å². The number of halogens is 1. The fourth-order valence-electron chi connectivity index (χ4n) is 2.76. The minimum atomic E-state index is -0.716. The van der Waals surface area contributed by atoms with E-state index in [1.165, 1.54) is 17.1 Å². The SMILES string of the molecule is CCSCCOC(=O)C1=C(C)Nc2ncnn2[C@@H]1c1ccccc1F. The lowest BCUT2D eigenvalue weighted by molar-refractivity contribution is -0.139. The lowest BCUT2D eigenvalue weighted by Gasteiger charge is -2.28. The van der Waals surface area contributed by atoms with Gasteiger partial charge in [-0.1, -0.05) is 25.1 Å². The van der Waals surface area contributed by atoms with Crippen molar-refractivity contribution in [3.05, 3.63) is 53.2 Å². The van der Waals surface area contributed by atoms with Crippen molar-refractivity contribution >= 4 is 23.7 Å². The average molecular weight is 362 g/mol. The van der Waals surface area contributed by atoms with Gasteiger partial charge in [0.2, 0.25) is 5.95 Å². The Bertz CT molecular complexity index is 805. The molecule has 2 heterocycles. The molecule has 3 rings (SSSR count). The third-order valence-corrected chi connectivity index (χ3v) is 4.74. The summed E-state index contributed by atoms with van der Waals surface area (Å²) in [4.78, 5) is 16.8. The summed E-state index contributed by atoms with van der Waals surface area (Å²) in [6.07, 6.45) is 1.37. The van der Waals surface area contributed by atoms with Gasteiger partial charge in [0.25, 0.3) is 0 Å². The first-order valence-electron chi connectivity index (χ1n) is 8.00. The molecule has 0 spiro atoms. The highest BCUT2D eigenvalue weighted by Gasteiger charge is 2.35. The predicted octanol–water partition coefficient (Wildman–Crippen LogP) is 3.00. The van der Waals surface area contributed by atoms with Gasteiger partial charge in [0.15, 0.2) is 0 Å². The maximum absolute atomic E-state index is 14.4. The number of carbonyl (C=O) groups excluding carboxylic acids is 1. The number of thioether (sulfide) groups is 1. The molecule has 1 aromatic heterocycles. The van der Waals surface area contributed by atoms with E-state index >= 15 is 0 Å². The molecule has 1 aliphatic heterocycles. The fourth-order valence-corrected chi connectivity index (χ4v) is 3.24. The number of esters is 1. The van der Waals surface area contributed by atoms with E-state index in [1.807, 2.05) is 6.92 Å². The maximum atomic E-state index is 14.4. The van der Waals surface area contributed by atoms with Crippen LogP contribution in [0, 0.1) is 5.82 Å². The van der Waals surface area contributed by atoms with Crippen LogP contribution in [-0.2, 0) is 9.53 Å². The number of anilines is 1. The summed E-state index contributed by atoms with van der Waals surface area (Å²) in [7, 11) is 0. The number of hydrogen-bond donors (Lipinski definition) is 1. The van der Waals surface area contributed by atoms with Crippen LogP contribution in [0.25, 0.3) is 0 Å². The summed E-state index contributed by atoms with van der Waals surface area (Å²) in [6, 6.07) is 5.63. The summed E-state index contributed by atoms with van der Waals surface area (Å²) in [6.45, 7) is 4.11. The number of hydrogen-bond acceptors (Lipinski definition) is 6. The second kappa shape index (κ2) is 7.69. The molecule has 25 heavy (non-hydrogen) atoms. The van der Waals surface area contributed by atoms with Crippen LogP contribution in [0.2, 0.25) is 0 Å². The topological polar surface area (TPSA) is 69.0 Å². The highest BCUT2D eigenvalue weighted by atomic mass is 32.2. The molecule has 0 radical (unpaired) electrons. The molecule has 1 aromatic carbocycles. The van der Waals surface area contributed by atoms with Crippen LogP contribution in [0.15, 0.2) is 41.9 Å². The minimum absolute atomic E-state index is 0.308. The van der Waals surface area contributed by atoms with Gasteiger partial charge in [0.1, 0.15) is 24.8 Å². The molecule has 0 unspecified atom stereocenters. The first-order chi connectivity index (χ1) is 12.1. The monoisotopic (exact) mass is 362 g/mol. The Balaban J connectivity index is 1.96. The third-order valence-electron chi connectivity index (χ3n) is 3.88. The van der Waals surface area contributed by atoms with Crippen molar-refractivity contribution in [3.8, 4) is 0 Å². The summed E-state index contributed by atoms with van der Waals surface area (Å²) < 4.78 is 21.3. The van der Waals surface area contributed by atoms with Crippen LogP contribution in [0.1, 0.15) is 25.5 Å². The van der Waals surface area contributed by atoms with Crippen LogP contribution < -0.4 is 5.32 Å². The van der Waals surface area contributed by atoms with Crippen LogP contribution in [-0.4, -0.2) is 38.8 Å². The Morgan fingerprint density at radius 2 is 2.24 bits per heavy atom. The molecule has 1 aliphatic rings. The molecule has 132 valence electrons. The van der Waals surface area contributed by atoms with Gasteiger partial charge in [-0.05, 0) is 18.7 Å². The smallest absolute Gasteiger partial charge is 0.338 e. The average Bonchev–Trinajstić information content (AvgIpc) is 3.06. The van der Waals surface area contributed by atoms with Crippen LogP contribution in [0.3, 0.4) is 0 Å². The lowest BCUT2D eigenvalue weighted by atomic mass is 9.95. The maximum Gasteiger partial charge on any atom is 0.338 e. The number of rotatable bonds is 6. The zero-order valence-corrected chi connectivity index (χ0v) is 14.8. The van der Waals surface area contributed by atoms with E-state index in [0.717, 1.165) is 11.5 Å². The molecule has 0 aliphatic carbocycles. The predicted molar refractivity (Wildman–Crippen MR) is 94.8 cm³/mol. The number of nitrogens with zero attached hydrogens (tertiary/aromatic N) is 3. The van der Waals surface area contributed by atoms with Gasteiger partial charge in [-0.25, -0.2) is 13.9 Å². The number of nitrogens with one attached hydrogen (secondary N) is 1. The molecule has 0 amide bonds. The van der Waals surface area contributed by atoms with Gasteiger partial charge in [0.05, 0.1) is 5.57 Å².